The summed E-state index contributed by atoms with van der Waals surface area (Å²) in [7, 11) is 1.74. The second-order valence-corrected chi connectivity index (χ2v) is 5.19. The van der Waals surface area contributed by atoms with Gasteiger partial charge in [-0.1, -0.05) is 13.8 Å². The smallest absolute Gasteiger partial charge is 0.303 e. The van der Waals surface area contributed by atoms with E-state index in [4.69, 9.17) is 5.11 Å². The van der Waals surface area contributed by atoms with Gasteiger partial charge in [-0.15, -0.1) is 0 Å². The molecule has 0 bridgehead atoms. The zero-order chi connectivity index (χ0) is 14.4. The Labute approximate surface area is 112 Å². The maximum absolute atomic E-state index is 11.9. The summed E-state index contributed by atoms with van der Waals surface area (Å²) in [6, 6.07) is 0. The minimum Gasteiger partial charge on any atom is -0.481 e. The molecular formula is C13H21N3O3. The lowest BCUT2D eigenvalue weighted by molar-refractivity contribution is -0.138. The summed E-state index contributed by atoms with van der Waals surface area (Å²) < 4.78 is 1.63. The van der Waals surface area contributed by atoms with E-state index in [2.05, 4.69) is 10.3 Å². The highest BCUT2D eigenvalue weighted by molar-refractivity contribution is 5.92. The van der Waals surface area contributed by atoms with Gasteiger partial charge in [0.2, 0.25) is 0 Å². The molecule has 1 aromatic rings. The van der Waals surface area contributed by atoms with E-state index >= 15 is 0 Å². The molecule has 1 aromatic heterocycles. The Morgan fingerprint density at radius 2 is 2.16 bits per heavy atom. The highest BCUT2D eigenvalue weighted by Crippen LogP contribution is 2.14. The molecule has 0 saturated carbocycles. The molecule has 6 heteroatoms. The van der Waals surface area contributed by atoms with Crippen LogP contribution in [0, 0.1) is 11.8 Å². The summed E-state index contributed by atoms with van der Waals surface area (Å²) in [5.41, 5.74) is 0.471. The number of aromatic nitrogens is 2. The van der Waals surface area contributed by atoms with E-state index in [1.165, 1.54) is 6.20 Å². The second kappa shape index (κ2) is 6.92. The summed E-state index contributed by atoms with van der Waals surface area (Å²) in [4.78, 5) is 26.5. The molecule has 0 fully saturated rings. The molecule has 0 radical (unpaired) electrons. The first-order chi connectivity index (χ1) is 8.90. The maximum Gasteiger partial charge on any atom is 0.303 e. The van der Waals surface area contributed by atoms with Crippen LogP contribution in [-0.2, 0) is 11.8 Å². The third kappa shape index (κ3) is 5.11. The number of carbonyl (C=O) groups is 2. The van der Waals surface area contributed by atoms with Crippen molar-refractivity contribution >= 4 is 11.9 Å². The summed E-state index contributed by atoms with van der Waals surface area (Å²) in [6.07, 6.45) is 3.89. The number of hydrogen-bond donors (Lipinski definition) is 2. The fourth-order valence-corrected chi connectivity index (χ4v) is 2.06. The predicted molar refractivity (Wildman–Crippen MR) is 70.7 cm³/mol. The number of hydrogen-bond acceptors (Lipinski definition) is 3. The average Bonchev–Trinajstić information content (AvgIpc) is 2.70. The third-order valence-corrected chi connectivity index (χ3v) is 2.87. The minimum absolute atomic E-state index is 0.0466. The lowest BCUT2D eigenvalue weighted by Crippen LogP contribution is -2.32. The highest BCUT2D eigenvalue weighted by atomic mass is 16.4. The van der Waals surface area contributed by atoms with E-state index in [1.54, 1.807) is 17.9 Å². The van der Waals surface area contributed by atoms with Gasteiger partial charge in [0.05, 0.1) is 12.5 Å². The highest BCUT2D eigenvalue weighted by Gasteiger charge is 2.17. The molecule has 106 valence electrons. The first-order valence-corrected chi connectivity index (χ1v) is 6.36. The number of aliphatic carboxylic acids is 1. The Kier molecular flexibility index (Phi) is 5.54. The van der Waals surface area contributed by atoms with Crippen molar-refractivity contribution in [3.8, 4) is 0 Å². The fourth-order valence-electron chi connectivity index (χ4n) is 2.06. The zero-order valence-electron chi connectivity index (χ0n) is 11.6. The Morgan fingerprint density at radius 3 is 2.63 bits per heavy atom. The van der Waals surface area contributed by atoms with Gasteiger partial charge in [0.1, 0.15) is 5.69 Å². The van der Waals surface area contributed by atoms with Crippen molar-refractivity contribution in [3.05, 3.63) is 18.2 Å². The van der Waals surface area contributed by atoms with Crippen LogP contribution in [0.2, 0.25) is 0 Å². The lowest BCUT2D eigenvalue weighted by atomic mass is 9.94. The first kappa shape index (κ1) is 15.2. The van der Waals surface area contributed by atoms with E-state index in [0.29, 0.717) is 18.2 Å². The van der Waals surface area contributed by atoms with Gasteiger partial charge in [-0.2, -0.15) is 0 Å². The number of carboxylic acids is 1. The minimum atomic E-state index is -0.833. The number of imidazole rings is 1. The summed E-state index contributed by atoms with van der Waals surface area (Å²) >= 11 is 0. The largest absolute Gasteiger partial charge is 0.481 e. The van der Waals surface area contributed by atoms with Crippen LogP contribution in [0.15, 0.2) is 12.5 Å². The SMILES string of the molecule is CC(C)CC(CNC(=O)c1cncn1C)CC(=O)O. The van der Waals surface area contributed by atoms with Gasteiger partial charge in [0.25, 0.3) is 5.91 Å². The molecule has 1 amide bonds. The van der Waals surface area contributed by atoms with Crippen LogP contribution in [-0.4, -0.2) is 33.1 Å². The van der Waals surface area contributed by atoms with Crippen LogP contribution in [0.3, 0.4) is 0 Å². The van der Waals surface area contributed by atoms with Gasteiger partial charge in [-0.05, 0) is 18.3 Å². The van der Waals surface area contributed by atoms with Gasteiger partial charge in [-0.25, -0.2) is 4.98 Å². The van der Waals surface area contributed by atoms with Crippen molar-refractivity contribution in [2.75, 3.05) is 6.54 Å². The summed E-state index contributed by atoms with van der Waals surface area (Å²) in [6.45, 7) is 4.45. The normalized spacial score (nSPS) is 12.4. The van der Waals surface area contributed by atoms with Crippen molar-refractivity contribution in [2.45, 2.75) is 26.7 Å². The monoisotopic (exact) mass is 267 g/mol. The van der Waals surface area contributed by atoms with Crippen molar-refractivity contribution < 1.29 is 14.7 Å². The first-order valence-electron chi connectivity index (χ1n) is 6.36. The van der Waals surface area contributed by atoms with E-state index in [-0.39, 0.29) is 18.2 Å². The zero-order valence-corrected chi connectivity index (χ0v) is 11.6. The standard InChI is InChI=1S/C13H21N3O3/c1-9(2)4-10(5-12(17)18)6-15-13(19)11-7-14-8-16(11)3/h7-10H,4-6H2,1-3H3,(H,15,19)(H,17,18). The fraction of sp³-hybridized carbons (Fsp3) is 0.615. The summed E-state index contributed by atoms with van der Waals surface area (Å²) in [5.74, 6) is -0.702. The molecule has 1 heterocycles. The molecule has 19 heavy (non-hydrogen) atoms. The predicted octanol–water partition coefficient (Wildman–Crippen LogP) is 1.29. The lowest BCUT2D eigenvalue weighted by Gasteiger charge is -2.17. The Morgan fingerprint density at radius 1 is 1.47 bits per heavy atom. The molecular weight excluding hydrogens is 246 g/mol. The quantitative estimate of drug-likeness (QED) is 0.779. The van der Waals surface area contributed by atoms with Crippen molar-refractivity contribution in [1.82, 2.24) is 14.9 Å². The van der Waals surface area contributed by atoms with Crippen molar-refractivity contribution in [1.29, 1.82) is 0 Å². The maximum atomic E-state index is 11.9. The molecule has 6 nitrogen and oxygen atoms in total. The van der Waals surface area contributed by atoms with E-state index in [0.717, 1.165) is 6.42 Å². The molecule has 0 aliphatic rings. The third-order valence-electron chi connectivity index (χ3n) is 2.87. The van der Waals surface area contributed by atoms with E-state index in [1.807, 2.05) is 13.8 Å². The van der Waals surface area contributed by atoms with Crippen molar-refractivity contribution in [3.63, 3.8) is 0 Å². The number of carbonyl (C=O) groups excluding carboxylic acids is 1. The number of carboxylic acid groups (broad SMARTS) is 1. The Bertz CT molecular complexity index is 440. The van der Waals surface area contributed by atoms with Gasteiger partial charge in [0.15, 0.2) is 0 Å². The van der Waals surface area contributed by atoms with E-state index in [9.17, 15) is 9.59 Å². The number of nitrogens with one attached hydrogen (secondary N) is 1. The van der Waals surface area contributed by atoms with Crippen LogP contribution >= 0.6 is 0 Å². The van der Waals surface area contributed by atoms with Crippen LogP contribution in [0.5, 0.6) is 0 Å². The Hall–Kier alpha value is -1.85. The van der Waals surface area contributed by atoms with E-state index < -0.39 is 5.97 Å². The van der Waals surface area contributed by atoms with Crippen LogP contribution in [0.1, 0.15) is 37.2 Å². The molecule has 0 aromatic carbocycles. The molecule has 1 atom stereocenters. The van der Waals surface area contributed by atoms with Crippen LogP contribution in [0.25, 0.3) is 0 Å². The molecule has 0 saturated heterocycles. The van der Waals surface area contributed by atoms with Crippen LogP contribution < -0.4 is 5.32 Å². The van der Waals surface area contributed by atoms with Gasteiger partial charge >= 0.3 is 5.97 Å². The van der Waals surface area contributed by atoms with Gasteiger partial charge < -0.3 is 15.0 Å². The molecule has 0 aliphatic carbocycles. The average molecular weight is 267 g/mol. The number of amides is 1. The van der Waals surface area contributed by atoms with Gasteiger partial charge in [-0.3, -0.25) is 9.59 Å². The number of nitrogens with zero attached hydrogens (tertiary/aromatic N) is 2. The second-order valence-electron chi connectivity index (χ2n) is 5.19. The van der Waals surface area contributed by atoms with Crippen molar-refractivity contribution in [2.24, 2.45) is 18.9 Å². The molecule has 0 aliphatic heterocycles. The molecule has 1 rings (SSSR count). The Balaban J connectivity index is 2.53. The summed E-state index contributed by atoms with van der Waals surface area (Å²) in [5, 5.41) is 11.6. The number of aryl methyl sites for hydroxylation is 1. The molecule has 2 N–H and O–H groups in total. The number of rotatable bonds is 7. The van der Waals surface area contributed by atoms with Gasteiger partial charge in [0, 0.05) is 20.0 Å². The van der Waals surface area contributed by atoms with Crippen LogP contribution in [0.4, 0.5) is 0 Å². The molecule has 1 unspecified atom stereocenters. The topological polar surface area (TPSA) is 84.2 Å². The molecule has 0 spiro atoms.